The molecule has 0 atom stereocenters. The Bertz CT molecular complexity index is 292. The van der Waals surface area contributed by atoms with E-state index in [4.69, 9.17) is 4.74 Å². The van der Waals surface area contributed by atoms with E-state index >= 15 is 0 Å². The lowest BCUT2D eigenvalue weighted by molar-refractivity contribution is 0.123. The van der Waals surface area contributed by atoms with E-state index in [-0.39, 0.29) is 0 Å². The van der Waals surface area contributed by atoms with Gasteiger partial charge in [-0.3, -0.25) is 4.99 Å². The second kappa shape index (κ2) is 12.7. The zero-order valence-electron chi connectivity index (χ0n) is 14.9. The van der Waals surface area contributed by atoms with Crippen LogP contribution in [0.1, 0.15) is 46.0 Å². The molecule has 1 saturated carbocycles. The quantitative estimate of drug-likeness (QED) is 0.311. The number of nitrogens with one attached hydrogen (secondary N) is 2. The number of likely N-dealkylation sites (N-methyl/N-ethyl adjacent to an activating group) is 1. The molecule has 0 amide bonds. The van der Waals surface area contributed by atoms with Gasteiger partial charge >= 0.3 is 0 Å². The molecule has 130 valence electrons. The van der Waals surface area contributed by atoms with Crippen molar-refractivity contribution in [2.75, 3.05) is 53.0 Å². The Morgan fingerprint density at radius 3 is 2.68 bits per heavy atom. The minimum atomic E-state index is 0.825. The molecule has 0 unspecified atom stereocenters. The standard InChI is InChI=1S/C17H36N4O/c1-4-6-12-21(3)13-11-20-17(18-5-2)19-10-7-14-22-15-16-8-9-16/h16H,4-15H2,1-3H3,(H2,18,19,20). The molecule has 0 saturated heterocycles. The molecule has 1 aliphatic carbocycles. The highest BCUT2D eigenvalue weighted by Gasteiger charge is 2.20. The van der Waals surface area contributed by atoms with Crippen LogP contribution in [0.2, 0.25) is 0 Å². The number of hydrogen-bond acceptors (Lipinski definition) is 3. The number of rotatable bonds is 13. The molecule has 2 N–H and O–H groups in total. The molecule has 0 radical (unpaired) electrons. The second-order valence-electron chi connectivity index (χ2n) is 6.22. The highest BCUT2D eigenvalue weighted by atomic mass is 16.5. The zero-order valence-corrected chi connectivity index (χ0v) is 14.9. The lowest BCUT2D eigenvalue weighted by Crippen LogP contribution is -2.41. The molecule has 1 aliphatic rings. The molecule has 1 fully saturated rings. The first-order valence-corrected chi connectivity index (χ1v) is 9.04. The molecule has 0 aromatic rings. The first kappa shape index (κ1) is 19.2. The van der Waals surface area contributed by atoms with Crippen molar-refractivity contribution in [3.8, 4) is 0 Å². The van der Waals surface area contributed by atoms with Gasteiger partial charge in [0.1, 0.15) is 0 Å². The van der Waals surface area contributed by atoms with Crippen LogP contribution in [-0.2, 0) is 4.74 Å². The Labute approximate surface area is 136 Å². The Kier molecular flexibility index (Phi) is 11.1. The van der Waals surface area contributed by atoms with E-state index in [9.17, 15) is 0 Å². The van der Waals surface area contributed by atoms with Crippen LogP contribution in [0.4, 0.5) is 0 Å². The minimum absolute atomic E-state index is 0.825. The van der Waals surface area contributed by atoms with Gasteiger partial charge in [-0.2, -0.15) is 0 Å². The number of guanidine groups is 1. The summed E-state index contributed by atoms with van der Waals surface area (Å²) in [4.78, 5) is 6.97. The number of unbranched alkanes of at least 4 members (excludes halogenated alkanes) is 1. The maximum Gasteiger partial charge on any atom is 0.191 e. The van der Waals surface area contributed by atoms with Crippen molar-refractivity contribution in [2.24, 2.45) is 10.9 Å². The monoisotopic (exact) mass is 312 g/mol. The third-order valence-corrected chi connectivity index (χ3v) is 3.79. The number of hydrogen-bond donors (Lipinski definition) is 2. The molecule has 0 aliphatic heterocycles. The minimum Gasteiger partial charge on any atom is -0.381 e. The summed E-state index contributed by atoms with van der Waals surface area (Å²) < 4.78 is 5.63. The summed E-state index contributed by atoms with van der Waals surface area (Å²) in [6.07, 6.45) is 6.24. The average molecular weight is 313 g/mol. The Morgan fingerprint density at radius 1 is 1.18 bits per heavy atom. The summed E-state index contributed by atoms with van der Waals surface area (Å²) in [5.41, 5.74) is 0. The van der Waals surface area contributed by atoms with E-state index < -0.39 is 0 Å². The van der Waals surface area contributed by atoms with Crippen molar-refractivity contribution < 1.29 is 4.74 Å². The highest BCUT2D eigenvalue weighted by Crippen LogP contribution is 2.28. The molecule has 22 heavy (non-hydrogen) atoms. The van der Waals surface area contributed by atoms with Crippen molar-refractivity contribution in [1.29, 1.82) is 0 Å². The van der Waals surface area contributed by atoms with E-state index in [1.807, 2.05) is 0 Å². The lowest BCUT2D eigenvalue weighted by Gasteiger charge is -2.17. The lowest BCUT2D eigenvalue weighted by atomic mass is 10.3. The number of aliphatic imine (C=N–C) groups is 1. The van der Waals surface area contributed by atoms with Gasteiger partial charge in [0.2, 0.25) is 0 Å². The van der Waals surface area contributed by atoms with Gasteiger partial charge in [0.15, 0.2) is 5.96 Å². The van der Waals surface area contributed by atoms with E-state index in [0.717, 1.165) is 57.7 Å². The van der Waals surface area contributed by atoms with Crippen molar-refractivity contribution in [1.82, 2.24) is 15.5 Å². The van der Waals surface area contributed by atoms with Crippen molar-refractivity contribution in [3.05, 3.63) is 0 Å². The van der Waals surface area contributed by atoms with Crippen molar-refractivity contribution in [2.45, 2.75) is 46.0 Å². The fourth-order valence-electron chi connectivity index (χ4n) is 2.14. The molecule has 5 nitrogen and oxygen atoms in total. The van der Waals surface area contributed by atoms with Gasteiger partial charge in [-0.25, -0.2) is 0 Å². The molecule has 0 aromatic heterocycles. The van der Waals surface area contributed by atoms with Crippen LogP contribution in [0.5, 0.6) is 0 Å². The molecule has 1 rings (SSSR count). The molecule has 0 bridgehead atoms. The summed E-state index contributed by atoms with van der Waals surface area (Å²) in [6.45, 7) is 11.0. The summed E-state index contributed by atoms with van der Waals surface area (Å²) in [6, 6.07) is 0. The molecule has 0 spiro atoms. The van der Waals surface area contributed by atoms with Crippen LogP contribution >= 0.6 is 0 Å². The first-order valence-electron chi connectivity index (χ1n) is 9.04. The van der Waals surface area contributed by atoms with Gasteiger partial charge in [0.25, 0.3) is 0 Å². The average Bonchev–Trinajstić information content (AvgIpc) is 3.32. The van der Waals surface area contributed by atoms with Gasteiger partial charge < -0.3 is 20.3 Å². The Morgan fingerprint density at radius 2 is 2.00 bits per heavy atom. The summed E-state index contributed by atoms with van der Waals surface area (Å²) in [7, 11) is 2.18. The molecular formula is C17H36N4O. The van der Waals surface area contributed by atoms with Crippen LogP contribution in [0.3, 0.4) is 0 Å². The van der Waals surface area contributed by atoms with E-state index in [1.165, 1.54) is 32.2 Å². The van der Waals surface area contributed by atoms with Crippen LogP contribution in [0.15, 0.2) is 4.99 Å². The fourth-order valence-corrected chi connectivity index (χ4v) is 2.14. The third-order valence-electron chi connectivity index (χ3n) is 3.79. The van der Waals surface area contributed by atoms with Crippen LogP contribution in [-0.4, -0.2) is 63.8 Å². The topological polar surface area (TPSA) is 48.9 Å². The van der Waals surface area contributed by atoms with E-state index in [0.29, 0.717) is 0 Å². The molecule has 5 heteroatoms. The van der Waals surface area contributed by atoms with Crippen LogP contribution in [0, 0.1) is 5.92 Å². The van der Waals surface area contributed by atoms with Gasteiger partial charge in [-0.15, -0.1) is 0 Å². The maximum absolute atomic E-state index is 5.63. The molecule has 0 aromatic carbocycles. The largest absolute Gasteiger partial charge is 0.381 e. The predicted molar refractivity (Wildman–Crippen MR) is 94.5 cm³/mol. The van der Waals surface area contributed by atoms with Crippen molar-refractivity contribution >= 4 is 5.96 Å². The van der Waals surface area contributed by atoms with Gasteiger partial charge in [0, 0.05) is 39.4 Å². The summed E-state index contributed by atoms with van der Waals surface area (Å²) >= 11 is 0. The zero-order chi connectivity index (χ0) is 16.0. The highest BCUT2D eigenvalue weighted by molar-refractivity contribution is 5.79. The smallest absolute Gasteiger partial charge is 0.191 e. The summed E-state index contributed by atoms with van der Waals surface area (Å²) in [5.74, 6) is 1.78. The second-order valence-corrected chi connectivity index (χ2v) is 6.22. The van der Waals surface area contributed by atoms with E-state index in [2.05, 4.69) is 41.4 Å². The maximum atomic E-state index is 5.63. The van der Waals surface area contributed by atoms with E-state index in [1.54, 1.807) is 0 Å². The summed E-state index contributed by atoms with van der Waals surface area (Å²) in [5, 5.41) is 6.70. The molecular weight excluding hydrogens is 276 g/mol. The SMILES string of the molecule is CCCCN(C)CCNC(=NCCCOCC1CC1)NCC. The van der Waals surface area contributed by atoms with Crippen molar-refractivity contribution in [3.63, 3.8) is 0 Å². The predicted octanol–water partition coefficient (Wildman–Crippen LogP) is 2.09. The normalized spacial score (nSPS) is 15.4. The Balaban J connectivity index is 2.06. The van der Waals surface area contributed by atoms with Gasteiger partial charge in [-0.05, 0) is 52.1 Å². The van der Waals surface area contributed by atoms with Crippen LogP contribution < -0.4 is 10.6 Å². The van der Waals surface area contributed by atoms with Crippen LogP contribution in [0.25, 0.3) is 0 Å². The third kappa shape index (κ3) is 10.9. The Hall–Kier alpha value is -0.810. The number of ether oxygens (including phenoxy) is 1. The fraction of sp³-hybridized carbons (Fsp3) is 0.941. The van der Waals surface area contributed by atoms with Gasteiger partial charge in [-0.1, -0.05) is 13.3 Å². The number of nitrogens with zero attached hydrogens (tertiary/aromatic N) is 2. The first-order chi connectivity index (χ1) is 10.8. The van der Waals surface area contributed by atoms with Gasteiger partial charge in [0.05, 0.1) is 0 Å². The molecule has 0 heterocycles.